The van der Waals surface area contributed by atoms with Gasteiger partial charge in [0.05, 0.1) is 0 Å². The van der Waals surface area contributed by atoms with E-state index in [-0.39, 0.29) is 0 Å². The Hall–Kier alpha value is -1.61. The zero-order valence-corrected chi connectivity index (χ0v) is 10.7. The summed E-state index contributed by atoms with van der Waals surface area (Å²) in [6.45, 7) is 3.12. The van der Waals surface area contributed by atoms with E-state index >= 15 is 0 Å². The second-order valence-corrected chi connectivity index (χ2v) is 4.44. The van der Waals surface area contributed by atoms with Gasteiger partial charge in [-0.25, -0.2) is 0 Å². The summed E-state index contributed by atoms with van der Waals surface area (Å²) in [5.41, 5.74) is 7.82. The van der Waals surface area contributed by atoms with Crippen molar-refractivity contribution >= 4 is 33.7 Å². The molecule has 0 saturated carbocycles. The number of hydrogen-bond donors (Lipinski definition) is 2. The molecule has 0 aliphatic carbocycles. The molecular formula is C14H16N2S. The van der Waals surface area contributed by atoms with Gasteiger partial charge in [0.25, 0.3) is 0 Å². The first kappa shape index (κ1) is 11.9. The molecule has 0 bridgehead atoms. The average Bonchev–Trinajstić information content (AvgIpc) is 2.35. The highest BCUT2D eigenvalue weighted by Crippen LogP contribution is 2.26. The lowest BCUT2D eigenvalue weighted by atomic mass is 10.0. The van der Waals surface area contributed by atoms with Gasteiger partial charge in [-0.05, 0) is 23.9 Å². The summed E-state index contributed by atoms with van der Waals surface area (Å²) in [7, 11) is 0. The number of thiocarbonyl (C=S) groups is 1. The van der Waals surface area contributed by atoms with E-state index in [0.29, 0.717) is 4.99 Å². The molecule has 0 aliphatic heterocycles. The number of anilines is 1. The lowest BCUT2D eigenvalue weighted by Gasteiger charge is -2.11. The van der Waals surface area contributed by atoms with Crippen LogP contribution in [0.4, 0.5) is 5.69 Å². The lowest BCUT2D eigenvalue weighted by Crippen LogP contribution is -2.10. The minimum absolute atomic E-state index is 0.447. The lowest BCUT2D eigenvalue weighted by molar-refractivity contribution is 0.981. The van der Waals surface area contributed by atoms with Crippen LogP contribution in [0.1, 0.15) is 18.9 Å². The molecule has 0 unspecified atom stereocenters. The average molecular weight is 244 g/mol. The van der Waals surface area contributed by atoms with E-state index in [2.05, 4.69) is 24.4 Å². The van der Waals surface area contributed by atoms with Crippen LogP contribution >= 0.6 is 12.2 Å². The summed E-state index contributed by atoms with van der Waals surface area (Å²) >= 11 is 5.08. The molecule has 0 amide bonds. The molecule has 0 fully saturated rings. The number of nitrogens with two attached hydrogens (primary N) is 1. The Morgan fingerprint density at radius 3 is 2.53 bits per heavy atom. The van der Waals surface area contributed by atoms with Gasteiger partial charge in [0, 0.05) is 23.2 Å². The summed E-state index contributed by atoms with van der Waals surface area (Å²) in [6.07, 6.45) is 1.10. The van der Waals surface area contributed by atoms with Crippen LogP contribution < -0.4 is 11.1 Å². The predicted molar refractivity (Wildman–Crippen MR) is 78.6 cm³/mol. The van der Waals surface area contributed by atoms with Gasteiger partial charge in [-0.2, -0.15) is 0 Å². The molecule has 17 heavy (non-hydrogen) atoms. The highest BCUT2D eigenvalue weighted by molar-refractivity contribution is 7.80. The van der Waals surface area contributed by atoms with Crippen molar-refractivity contribution in [1.82, 2.24) is 0 Å². The number of hydrogen-bond acceptors (Lipinski definition) is 2. The zero-order valence-electron chi connectivity index (χ0n) is 9.86. The third-order valence-corrected chi connectivity index (χ3v) is 2.97. The predicted octanol–water partition coefficient (Wildman–Crippen LogP) is 3.30. The van der Waals surface area contributed by atoms with Gasteiger partial charge >= 0.3 is 0 Å². The fourth-order valence-electron chi connectivity index (χ4n) is 1.93. The maximum Gasteiger partial charge on any atom is 0.104 e. The third-order valence-electron chi connectivity index (χ3n) is 2.75. The zero-order chi connectivity index (χ0) is 12.3. The van der Waals surface area contributed by atoms with E-state index in [1.54, 1.807) is 0 Å². The maximum absolute atomic E-state index is 5.74. The second-order valence-electron chi connectivity index (χ2n) is 4.00. The Morgan fingerprint density at radius 1 is 1.18 bits per heavy atom. The molecule has 0 radical (unpaired) electrons. The molecule has 0 heterocycles. The van der Waals surface area contributed by atoms with Crippen LogP contribution in [0.2, 0.25) is 0 Å². The Balaban J connectivity index is 2.58. The molecular weight excluding hydrogens is 228 g/mol. The van der Waals surface area contributed by atoms with E-state index < -0.39 is 0 Å². The summed E-state index contributed by atoms with van der Waals surface area (Å²) in [4.78, 5) is 0.447. The van der Waals surface area contributed by atoms with Gasteiger partial charge in [0.15, 0.2) is 0 Å². The fraction of sp³-hybridized carbons (Fsp3) is 0.214. The summed E-state index contributed by atoms with van der Waals surface area (Å²) in [5.74, 6) is 0. The number of rotatable bonds is 4. The molecule has 2 nitrogen and oxygen atoms in total. The van der Waals surface area contributed by atoms with Gasteiger partial charge in [0.2, 0.25) is 0 Å². The number of nitrogens with one attached hydrogen (secondary N) is 1. The van der Waals surface area contributed by atoms with Gasteiger partial charge in [0.1, 0.15) is 4.99 Å². The van der Waals surface area contributed by atoms with Crippen molar-refractivity contribution in [2.45, 2.75) is 13.3 Å². The van der Waals surface area contributed by atoms with Crippen molar-refractivity contribution in [2.75, 3.05) is 11.9 Å². The quantitative estimate of drug-likeness (QED) is 0.810. The summed E-state index contributed by atoms with van der Waals surface area (Å²) < 4.78 is 0. The van der Waals surface area contributed by atoms with Crippen LogP contribution in [-0.4, -0.2) is 11.5 Å². The van der Waals surface area contributed by atoms with Gasteiger partial charge in [-0.15, -0.1) is 0 Å². The molecule has 0 spiro atoms. The first-order valence-electron chi connectivity index (χ1n) is 5.79. The van der Waals surface area contributed by atoms with E-state index in [4.69, 9.17) is 18.0 Å². The van der Waals surface area contributed by atoms with Gasteiger partial charge in [-0.1, -0.05) is 43.4 Å². The highest BCUT2D eigenvalue weighted by Gasteiger charge is 2.06. The summed E-state index contributed by atoms with van der Waals surface area (Å²) in [6, 6.07) is 12.2. The summed E-state index contributed by atoms with van der Waals surface area (Å²) in [5, 5.41) is 5.70. The highest BCUT2D eigenvalue weighted by atomic mass is 32.1. The molecule has 2 aromatic rings. The first-order chi connectivity index (χ1) is 8.24. The molecule has 88 valence electrons. The third kappa shape index (κ3) is 2.39. The normalized spacial score (nSPS) is 10.4. The van der Waals surface area contributed by atoms with E-state index in [1.165, 1.54) is 5.39 Å². The van der Waals surface area contributed by atoms with Crippen LogP contribution in [0.15, 0.2) is 36.4 Å². The van der Waals surface area contributed by atoms with Crippen LogP contribution in [0.25, 0.3) is 10.8 Å². The monoisotopic (exact) mass is 244 g/mol. The second kappa shape index (κ2) is 5.15. The smallest absolute Gasteiger partial charge is 0.104 e. The molecule has 3 N–H and O–H groups in total. The molecule has 0 aliphatic rings. The van der Waals surface area contributed by atoms with Crippen molar-refractivity contribution in [3.8, 4) is 0 Å². The van der Waals surface area contributed by atoms with E-state index in [1.807, 2.05) is 24.3 Å². The minimum Gasteiger partial charge on any atom is -0.389 e. The standard InChI is InChI=1S/C14H16N2S/c1-2-9-16-13-8-7-12(14(15)17)10-5-3-4-6-11(10)13/h3-8,16H,2,9H2,1H3,(H2,15,17). The number of fused-ring (bicyclic) bond motifs is 1. The Labute approximate surface area is 107 Å². The Bertz CT molecular complexity index is 549. The van der Waals surface area contributed by atoms with Crippen molar-refractivity contribution in [1.29, 1.82) is 0 Å². The first-order valence-corrected chi connectivity index (χ1v) is 6.20. The van der Waals surface area contributed by atoms with Crippen LogP contribution in [0.5, 0.6) is 0 Å². The van der Waals surface area contributed by atoms with Crippen molar-refractivity contribution < 1.29 is 0 Å². The Kier molecular flexibility index (Phi) is 3.59. The van der Waals surface area contributed by atoms with Gasteiger partial charge < -0.3 is 11.1 Å². The number of benzene rings is 2. The molecule has 3 heteroatoms. The van der Waals surface area contributed by atoms with Crippen molar-refractivity contribution in [3.63, 3.8) is 0 Å². The van der Waals surface area contributed by atoms with Crippen molar-refractivity contribution in [2.24, 2.45) is 5.73 Å². The SMILES string of the molecule is CCCNc1ccc(C(N)=S)c2ccccc12. The van der Waals surface area contributed by atoms with Gasteiger partial charge in [-0.3, -0.25) is 0 Å². The molecule has 0 aromatic heterocycles. The Morgan fingerprint density at radius 2 is 1.88 bits per heavy atom. The maximum atomic E-state index is 5.74. The van der Waals surface area contributed by atoms with Crippen LogP contribution in [0.3, 0.4) is 0 Å². The fourth-order valence-corrected chi connectivity index (χ4v) is 2.11. The molecule has 2 rings (SSSR count). The van der Waals surface area contributed by atoms with E-state index in [0.717, 1.165) is 29.6 Å². The van der Waals surface area contributed by atoms with Crippen LogP contribution in [-0.2, 0) is 0 Å². The largest absolute Gasteiger partial charge is 0.389 e. The van der Waals surface area contributed by atoms with Crippen LogP contribution in [0, 0.1) is 0 Å². The van der Waals surface area contributed by atoms with Crippen molar-refractivity contribution in [3.05, 3.63) is 42.0 Å². The minimum atomic E-state index is 0.447. The van der Waals surface area contributed by atoms with E-state index in [9.17, 15) is 0 Å². The molecule has 0 atom stereocenters. The molecule has 2 aromatic carbocycles. The topological polar surface area (TPSA) is 38.0 Å². The molecule has 0 saturated heterocycles.